The molecule has 1 aliphatic rings. The molecule has 1 N–H and O–H groups in total. The number of aliphatic hydroxyl groups is 1. The van der Waals surface area contributed by atoms with Crippen molar-refractivity contribution in [1.29, 1.82) is 0 Å². The van der Waals surface area contributed by atoms with Gasteiger partial charge in [-0.15, -0.1) is 0 Å². The van der Waals surface area contributed by atoms with Crippen LogP contribution < -0.4 is 0 Å². The highest BCUT2D eigenvalue weighted by molar-refractivity contribution is 5.93. The number of halogens is 1. The quantitative estimate of drug-likeness (QED) is 0.313. The molecule has 204 valence electrons. The summed E-state index contributed by atoms with van der Waals surface area (Å²) < 4.78 is 22.2. The van der Waals surface area contributed by atoms with Crippen molar-refractivity contribution in [2.45, 2.75) is 65.2 Å². The Hall–Kier alpha value is -3.69. The third-order valence-corrected chi connectivity index (χ3v) is 7.33. The van der Waals surface area contributed by atoms with Gasteiger partial charge in [0.2, 0.25) is 0 Å². The number of pyridine rings is 1. The van der Waals surface area contributed by atoms with Gasteiger partial charge in [0.05, 0.1) is 11.4 Å². The minimum atomic E-state index is -1.05. The first-order valence-electron chi connectivity index (χ1n) is 13.7. The molecule has 0 radical (unpaired) electrons. The maximum absolute atomic E-state index is 15.4. The van der Waals surface area contributed by atoms with Crippen LogP contribution in [0.1, 0.15) is 74.5 Å². The second kappa shape index (κ2) is 11.6. The van der Waals surface area contributed by atoms with E-state index in [2.05, 4.69) is 22.0 Å². The number of aromatic nitrogens is 4. The Morgan fingerprint density at radius 3 is 2.69 bits per heavy atom. The molecule has 8 nitrogen and oxygen atoms in total. The van der Waals surface area contributed by atoms with E-state index in [9.17, 15) is 9.90 Å². The molecule has 1 aromatic carbocycles. The fourth-order valence-electron chi connectivity index (χ4n) is 5.11. The van der Waals surface area contributed by atoms with Gasteiger partial charge < -0.3 is 14.7 Å². The summed E-state index contributed by atoms with van der Waals surface area (Å²) in [5.74, 6) is -0.504. The lowest BCUT2D eigenvalue weighted by Gasteiger charge is -2.27. The average molecular weight is 532 g/mol. The van der Waals surface area contributed by atoms with E-state index in [0.29, 0.717) is 52.4 Å². The van der Waals surface area contributed by atoms with Crippen molar-refractivity contribution >= 4 is 11.6 Å². The number of likely N-dealkylation sites (tertiary alicyclic amines) is 1. The van der Waals surface area contributed by atoms with Crippen LogP contribution >= 0.6 is 0 Å². The molecule has 39 heavy (non-hydrogen) atoms. The Morgan fingerprint density at radius 1 is 1.13 bits per heavy atom. The molecule has 0 bridgehead atoms. The lowest BCUT2D eigenvalue weighted by atomic mass is 10.1. The molecule has 1 fully saturated rings. The molecule has 1 unspecified atom stereocenters. The molecule has 0 spiro atoms. The Labute approximate surface area is 227 Å². The standard InChI is InChI=1S/C30H34FN5O3/c1-4-22-16-27(29(37)35-14-8-6-7-9-19(35)3)33-28-17-26(34-36(22)28)23-12-10-20(15-24(23)31)25-13-11-21(18-32-25)30(38)39-5-2/h10-13,15-19,30,38H,4-9,14H2,1-3H3/t19-,30?/m1/s1. The molecule has 9 heteroatoms. The first-order chi connectivity index (χ1) is 18.9. The molecular formula is C30H34FN5O3. The third-order valence-electron chi connectivity index (χ3n) is 7.33. The van der Waals surface area contributed by atoms with Crippen LogP contribution in [0.2, 0.25) is 0 Å². The van der Waals surface area contributed by atoms with E-state index in [1.165, 1.54) is 12.3 Å². The maximum atomic E-state index is 15.4. The van der Waals surface area contributed by atoms with E-state index in [4.69, 9.17) is 4.74 Å². The fraction of sp³-hybridized carbons (Fsp3) is 0.400. The average Bonchev–Trinajstić information content (AvgIpc) is 3.26. The number of ether oxygens (including phenoxy) is 1. The van der Waals surface area contributed by atoms with Crippen LogP contribution in [0, 0.1) is 5.82 Å². The maximum Gasteiger partial charge on any atom is 0.272 e. The highest BCUT2D eigenvalue weighted by atomic mass is 19.1. The van der Waals surface area contributed by atoms with Crippen LogP contribution in [-0.2, 0) is 11.2 Å². The van der Waals surface area contributed by atoms with Gasteiger partial charge in [-0.2, -0.15) is 5.10 Å². The van der Waals surface area contributed by atoms with Crippen molar-refractivity contribution in [1.82, 2.24) is 24.5 Å². The van der Waals surface area contributed by atoms with Crippen LogP contribution in [0.5, 0.6) is 0 Å². The number of aliphatic hydroxyl groups excluding tert-OH is 1. The molecule has 0 aliphatic carbocycles. The zero-order valence-electron chi connectivity index (χ0n) is 22.6. The number of benzene rings is 1. The molecule has 3 aromatic heterocycles. The molecule has 1 saturated heterocycles. The van der Waals surface area contributed by atoms with Gasteiger partial charge in [-0.1, -0.05) is 31.9 Å². The first kappa shape index (κ1) is 26.9. The van der Waals surface area contributed by atoms with Crippen molar-refractivity contribution in [2.24, 2.45) is 0 Å². The van der Waals surface area contributed by atoms with Gasteiger partial charge in [0, 0.05) is 53.8 Å². The number of carbonyl (C=O) groups excluding carboxylic acids is 1. The summed E-state index contributed by atoms with van der Waals surface area (Å²) >= 11 is 0. The van der Waals surface area contributed by atoms with Gasteiger partial charge in [0.15, 0.2) is 11.9 Å². The summed E-state index contributed by atoms with van der Waals surface area (Å²) in [6.07, 6.45) is 5.39. The minimum Gasteiger partial charge on any atom is -0.364 e. The molecule has 4 heterocycles. The third kappa shape index (κ3) is 5.55. The second-order valence-electron chi connectivity index (χ2n) is 9.96. The van der Waals surface area contributed by atoms with Gasteiger partial charge in [0.25, 0.3) is 5.91 Å². The monoisotopic (exact) mass is 531 g/mol. The number of nitrogens with zero attached hydrogens (tertiary/aromatic N) is 5. The number of aryl methyl sites for hydroxylation is 1. The number of hydrogen-bond acceptors (Lipinski definition) is 6. The highest BCUT2D eigenvalue weighted by Crippen LogP contribution is 2.29. The van der Waals surface area contributed by atoms with Crippen LogP contribution in [-0.4, -0.2) is 54.7 Å². The molecule has 1 aliphatic heterocycles. The normalized spacial score (nSPS) is 16.8. The van der Waals surface area contributed by atoms with E-state index < -0.39 is 12.1 Å². The SMILES string of the molecule is CCOC(O)c1ccc(-c2ccc(-c3cc4nc(C(=O)N5CCCCC[C@H]5C)cc(CC)n4n3)c(F)c2)nc1. The van der Waals surface area contributed by atoms with Crippen LogP contribution in [0.4, 0.5) is 4.39 Å². The van der Waals surface area contributed by atoms with Crippen LogP contribution in [0.25, 0.3) is 28.2 Å². The smallest absolute Gasteiger partial charge is 0.272 e. The summed E-state index contributed by atoms with van der Waals surface area (Å²) in [6.45, 7) is 7.01. The first-order valence-corrected chi connectivity index (χ1v) is 13.7. The summed E-state index contributed by atoms with van der Waals surface area (Å²) in [5, 5.41) is 14.6. The van der Waals surface area contributed by atoms with Crippen LogP contribution in [0.3, 0.4) is 0 Å². The lowest BCUT2D eigenvalue weighted by molar-refractivity contribution is -0.0981. The molecule has 4 aromatic rings. The van der Waals surface area contributed by atoms with Crippen molar-refractivity contribution in [3.8, 4) is 22.5 Å². The largest absolute Gasteiger partial charge is 0.364 e. The van der Waals surface area contributed by atoms with Crippen molar-refractivity contribution < 1.29 is 19.0 Å². The zero-order valence-corrected chi connectivity index (χ0v) is 22.6. The zero-order chi connectivity index (χ0) is 27.5. The van der Waals surface area contributed by atoms with Gasteiger partial charge >= 0.3 is 0 Å². The van der Waals surface area contributed by atoms with Crippen molar-refractivity contribution in [3.63, 3.8) is 0 Å². The van der Waals surface area contributed by atoms with Crippen molar-refractivity contribution in [2.75, 3.05) is 13.2 Å². The summed E-state index contributed by atoms with van der Waals surface area (Å²) in [4.78, 5) is 24.3. The van der Waals surface area contributed by atoms with E-state index >= 15 is 4.39 Å². The molecule has 5 rings (SSSR count). The Morgan fingerprint density at radius 2 is 1.97 bits per heavy atom. The second-order valence-corrected chi connectivity index (χ2v) is 9.96. The van der Waals surface area contributed by atoms with Crippen molar-refractivity contribution in [3.05, 3.63) is 71.4 Å². The van der Waals surface area contributed by atoms with E-state index in [-0.39, 0.29) is 11.9 Å². The Kier molecular flexibility index (Phi) is 7.99. The fourth-order valence-corrected chi connectivity index (χ4v) is 5.11. The Balaban J connectivity index is 1.44. The van der Waals surface area contributed by atoms with Gasteiger partial charge in [-0.3, -0.25) is 9.78 Å². The highest BCUT2D eigenvalue weighted by Gasteiger charge is 2.25. The number of rotatable bonds is 7. The van der Waals surface area contributed by atoms with E-state index in [0.717, 1.165) is 37.9 Å². The predicted octanol–water partition coefficient (Wildman–Crippen LogP) is 5.59. The summed E-state index contributed by atoms with van der Waals surface area (Å²) in [5.41, 5.74) is 4.24. The molecule has 2 atom stereocenters. The van der Waals surface area contributed by atoms with Gasteiger partial charge in [0.1, 0.15) is 11.5 Å². The number of hydrogen-bond donors (Lipinski definition) is 1. The molecule has 0 saturated carbocycles. The van der Waals surface area contributed by atoms with E-state index in [1.807, 2.05) is 11.8 Å². The predicted molar refractivity (Wildman–Crippen MR) is 147 cm³/mol. The molecule has 1 amide bonds. The number of fused-ring (bicyclic) bond motifs is 1. The Bertz CT molecular complexity index is 1470. The summed E-state index contributed by atoms with van der Waals surface area (Å²) in [7, 11) is 0. The number of carbonyl (C=O) groups is 1. The summed E-state index contributed by atoms with van der Waals surface area (Å²) in [6, 6.07) is 12.0. The van der Waals surface area contributed by atoms with E-state index in [1.54, 1.807) is 47.8 Å². The molecular weight excluding hydrogens is 497 g/mol. The van der Waals surface area contributed by atoms with Gasteiger partial charge in [-0.25, -0.2) is 13.9 Å². The lowest BCUT2D eigenvalue weighted by Crippen LogP contribution is -2.38. The topological polar surface area (TPSA) is 92.9 Å². The minimum absolute atomic E-state index is 0.0628. The van der Waals surface area contributed by atoms with Gasteiger partial charge in [-0.05, 0) is 57.4 Å². The number of amides is 1. The van der Waals surface area contributed by atoms with Crippen LogP contribution in [0.15, 0.2) is 48.7 Å².